The smallest absolute Gasteiger partial charge is 0.230 e. The number of nitrogens with one attached hydrogen (secondary N) is 1. The Labute approximate surface area is 121 Å². The fraction of sp³-hybridized carbons (Fsp3) is 0.417. The molecule has 100 valence electrons. The standard InChI is InChI=1S/C12H15Cl2NO2S/c1-8(15-12(17)7-18-5-4-16)10-3-2-9(13)6-11(10)14/h2-3,6,8,16H,4-5,7H2,1H3,(H,15,17)/t8-/m0/s1. The second kappa shape index (κ2) is 7.89. The summed E-state index contributed by atoms with van der Waals surface area (Å²) in [4.78, 5) is 11.6. The fourth-order valence-electron chi connectivity index (χ4n) is 1.44. The fourth-order valence-corrected chi connectivity index (χ4v) is 2.56. The van der Waals surface area contributed by atoms with E-state index in [1.807, 2.05) is 6.92 Å². The maximum atomic E-state index is 11.6. The van der Waals surface area contributed by atoms with Gasteiger partial charge in [-0.25, -0.2) is 0 Å². The van der Waals surface area contributed by atoms with E-state index in [9.17, 15) is 4.79 Å². The highest BCUT2D eigenvalue weighted by atomic mass is 35.5. The molecule has 0 radical (unpaired) electrons. The number of rotatable bonds is 6. The summed E-state index contributed by atoms with van der Waals surface area (Å²) in [6.45, 7) is 1.94. The maximum absolute atomic E-state index is 11.6. The lowest BCUT2D eigenvalue weighted by Gasteiger charge is -2.15. The molecule has 1 aromatic carbocycles. The molecule has 0 saturated heterocycles. The predicted octanol–water partition coefficient (Wildman–Crippen LogP) is 2.90. The van der Waals surface area contributed by atoms with Crippen molar-refractivity contribution in [3.63, 3.8) is 0 Å². The molecule has 1 amide bonds. The molecule has 0 aliphatic carbocycles. The molecular weight excluding hydrogens is 293 g/mol. The van der Waals surface area contributed by atoms with Crippen LogP contribution in [0.4, 0.5) is 0 Å². The van der Waals surface area contributed by atoms with Crippen molar-refractivity contribution in [1.29, 1.82) is 0 Å². The average molecular weight is 308 g/mol. The highest BCUT2D eigenvalue weighted by Crippen LogP contribution is 2.26. The largest absolute Gasteiger partial charge is 0.396 e. The lowest BCUT2D eigenvalue weighted by molar-refractivity contribution is -0.119. The lowest BCUT2D eigenvalue weighted by Crippen LogP contribution is -2.28. The summed E-state index contributed by atoms with van der Waals surface area (Å²) in [5.41, 5.74) is 0.835. The number of hydrogen-bond acceptors (Lipinski definition) is 3. The first-order valence-corrected chi connectivity index (χ1v) is 7.38. The highest BCUT2D eigenvalue weighted by Gasteiger charge is 2.12. The summed E-state index contributed by atoms with van der Waals surface area (Å²) >= 11 is 13.3. The topological polar surface area (TPSA) is 49.3 Å². The molecule has 0 heterocycles. The van der Waals surface area contributed by atoms with Crippen LogP contribution in [0.25, 0.3) is 0 Å². The van der Waals surface area contributed by atoms with Crippen LogP contribution in [-0.2, 0) is 4.79 Å². The number of aliphatic hydroxyl groups is 1. The first-order valence-electron chi connectivity index (χ1n) is 5.47. The summed E-state index contributed by atoms with van der Waals surface area (Å²) < 4.78 is 0. The van der Waals surface area contributed by atoms with Crippen LogP contribution in [-0.4, -0.2) is 29.1 Å². The number of hydrogen-bond donors (Lipinski definition) is 2. The highest BCUT2D eigenvalue weighted by molar-refractivity contribution is 7.99. The van der Waals surface area contributed by atoms with Crippen molar-refractivity contribution in [2.45, 2.75) is 13.0 Å². The summed E-state index contributed by atoms with van der Waals surface area (Å²) in [6.07, 6.45) is 0. The van der Waals surface area contributed by atoms with Gasteiger partial charge in [-0.1, -0.05) is 29.3 Å². The number of benzene rings is 1. The van der Waals surface area contributed by atoms with E-state index in [1.165, 1.54) is 11.8 Å². The van der Waals surface area contributed by atoms with E-state index >= 15 is 0 Å². The molecule has 0 fully saturated rings. The Morgan fingerprint density at radius 2 is 2.22 bits per heavy atom. The first kappa shape index (κ1) is 15.6. The van der Waals surface area contributed by atoms with E-state index in [2.05, 4.69) is 5.32 Å². The van der Waals surface area contributed by atoms with Crippen LogP contribution in [0.1, 0.15) is 18.5 Å². The number of amides is 1. The minimum absolute atomic E-state index is 0.0769. The van der Waals surface area contributed by atoms with Gasteiger partial charge in [-0.2, -0.15) is 0 Å². The summed E-state index contributed by atoms with van der Waals surface area (Å²) in [5.74, 6) is 0.812. The monoisotopic (exact) mass is 307 g/mol. The van der Waals surface area contributed by atoms with Crippen LogP contribution in [0.3, 0.4) is 0 Å². The molecule has 0 unspecified atom stereocenters. The summed E-state index contributed by atoms with van der Waals surface area (Å²) in [6, 6.07) is 5.03. The van der Waals surface area contributed by atoms with Crippen molar-refractivity contribution in [2.24, 2.45) is 0 Å². The van der Waals surface area contributed by atoms with E-state index < -0.39 is 0 Å². The minimum Gasteiger partial charge on any atom is -0.396 e. The van der Waals surface area contributed by atoms with E-state index in [0.29, 0.717) is 21.6 Å². The maximum Gasteiger partial charge on any atom is 0.230 e. The predicted molar refractivity (Wildman–Crippen MR) is 77.4 cm³/mol. The molecule has 0 aliphatic rings. The third-order valence-corrected chi connectivity index (χ3v) is 3.78. The van der Waals surface area contributed by atoms with Crippen molar-refractivity contribution in [3.8, 4) is 0 Å². The zero-order chi connectivity index (χ0) is 13.5. The van der Waals surface area contributed by atoms with Gasteiger partial charge in [0.25, 0.3) is 0 Å². The zero-order valence-corrected chi connectivity index (χ0v) is 12.3. The second-order valence-electron chi connectivity index (χ2n) is 3.73. The Morgan fingerprint density at radius 3 is 2.83 bits per heavy atom. The Kier molecular flexibility index (Phi) is 6.86. The van der Waals surface area contributed by atoms with Crippen LogP contribution in [0.5, 0.6) is 0 Å². The van der Waals surface area contributed by atoms with Crippen LogP contribution >= 0.6 is 35.0 Å². The van der Waals surface area contributed by atoms with Crippen molar-refractivity contribution < 1.29 is 9.90 Å². The SMILES string of the molecule is C[C@H](NC(=O)CSCCO)c1ccc(Cl)cc1Cl. The van der Waals surface area contributed by atoms with Gasteiger partial charge in [-0.05, 0) is 24.6 Å². The van der Waals surface area contributed by atoms with Crippen LogP contribution in [0.15, 0.2) is 18.2 Å². The Morgan fingerprint density at radius 1 is 1.50 bits per heavy atom. The first-order chi connectivity index (χ1) is 8.54. The average Bonchev–Trinajstić information content (AvgIpc) is 2.28. The zero-order valence-electron chi connectivity index (χ0n) is 9.95. The normalized spacial score (nSPS) is 12.2. The number of carbonyl (C=O) groups excluding carboxylic acids is 1. The van der Waals surface area contributed by atoms with Crippen molar-refractivity contribution in [3.05, 3.63) is 33.8 Å². The number of halogens is 2. The number of aliphatic hydroxyl groups excluding tert-OH is 1. The third-order valence-electron chi connectivity index (χ3n) is 2.28. The Balaban J connectivity index is 2.54. The molecule has 0 spiro atoms. The van der Waals surface area contributed by atoms with E-state index in [1.54, 1.807) is 18.2 Å². The molecule has 0 aliphatic heterocycles. The van der Waals surface area contributed by atoms with Gasteiger partial charge in [0, 0.05) is 15.8 Å². The molecule has 0 bridgehead atoms. The van der Waals surface area contributed by atoms with Crippen molar-refractivity contribution in [2.75, 3.05) is 18.1 Å². The Bertz CT molecular complexity index is 415. The van der Waals surface area contributed by atoms with E-state index in [0.717, 1.165) is 5.56 Å². The molecule has 6 heteroatoms. The minimum atomic E-state index is -0.169. The van der Waals surface area contributed by atoms with E-state index in [4.69, 9.17) is 28.3 Å². The Hall–Kier alpha value is -0.420. The van der Waals surface area contributed by atoms with Crippen molar-refractivity contribution >= 4 is 40.9 Å². The molecule has 1 atom stereocenters. The second-order valence-corrected chi connectivity index (χ2v) is 5.68. The van der Waals surface area contributed by atoms with Crippen LogP contribution < -0.4 is 5.32 Å². The van der Waals surface area contributed by atoms with Crippen molar-refractivity contribution in [1.82, 2.24) is 5.32 Å². The van der Waals surface area contributed by atoms with Gasteiger partial charge >= 0.3 is 0 Å². The van der Waals surface area contributed by atoms with Gasteiger partial charge in [0.2, 0.25) is 5.91 Å². The van der Waals surface area contributed by atoms with Gasteiger partial charge in [0.1, 0.15) is 0 Å². The third kappa shape index (κ3) is 5.06. The molecule has 18 heavy (non-hydrogen) atoms. The summed E-state index contributed by atoms with van der Waals surface area (Å²) in [5, 5.41) is 12.6. The van der Waals surface area contributed by atoms with Gasteiger partial charge in [-0.15, -0.1) is 11.8 Å². The molecule has 3 nitrogen and oxygen atoms in total. The van der Waals surface area contributed by atoms with Crippen LogP contribution in [0.2, 0.25) is 10.0 Å². The molecule has 0 aromatic heterocycles. The lowest BCUT2D eigenvalue weighted by atomic mass is 10.1. The number of carbonyl (C=O) groups is 1. The molecule has 2 N–H and O–H groups in total. The van der Waals surface area contributed by atoms with Crippen LogP contribution in [0, 0.1) is 0 Å². The van der Waals surface area contributed by atoms with Gasteiger partial charge < -0.3 is 10.4 Å². The van der Waals surface area contributed by atoms with Gasteiger partial charge in [-0.3, -0.25) is 4.79 Å². The van der Waals surface area contributed by atoms with Gasteiger partial charge in [0.15, 0.2) is 0 Å². The molecule has 1 aromatic rings. The van der Waals surface area contributed by atoms with Gasteiger partial charge in [0.05, 0.1) is 18.4 Å². The molecular formula is C12H15Cl2NO2S. The summed E-state index contributed by atoms with van der Waals surface area (Å²) in [7, 11) is 0. The van der Waals surface area contributed by atoms with E-state index in [-0.39, 0.29) is 18.6 Å². The quantitative estimate of drug-likeness (QED) is 0.795. The molecule has 1 rings (SSSR count). The molecule has 0 saturated carbocycles. The number of thioether (sulfide) groups is 1.